The van der Waals surface area contributed by atoms with E-state index in [1.807, 2.05) is 5.32 Å². The highest BCUT2D eigenvalue weighted by Crippen LogP contribution is 2.03. The highest BCUT2D eigenvalue weighted by Gasteiger charge is 2.36. The minimum absolute atomic E-state index is 0.344. The molecule has 1 heterocycles. The largest absolute Gasteiger partial charge is 0.480 e. The molecule has 1 saturated heterocycles. The zero-order chi connectivity index (χ0) is 9.30. The third-order valence-electron chi connectivity index (χ3n) is 1.44. The number of hydrogen-bond donors (Lipinski definition) is 3. The first-order chi connectivity index (χ1) is 5.52. The lowest BCUT2D eigenvalue weighted by molar-refractivity contribution is -0.138. The SMILES string of the molecule is O=C(O)C1CN(C(=O)O)C(=O)N1. The summed E-state index contributed by atoms with van der Waals surface area (Å²) in [5.41, 5.74) is 0. The van der Waals surface area contributed by atoms with Gasteiger partial charge in [-0.05, 0) is 0 Å². The van der Waals surface area contributed by atoms with Gasteiger partial charge < -0.3 is 15.5 Å². The van der Waals surface area contributed by atoms with Crippen molar-refractivity contribution >= 4 is 18.1 Å². The number of carbonyl (C=O) groups is 3. The summed E-state index contributed by atoms with van der Waals surface area (Å²) in [6.45, 7) is -0.344. The minimum atomic E-state index is -1.45. The van der Waals surface area contributed by atoms with Crippen LogP contribution in [0.5, 0.6) is 0 Å². The maximum Gasteiger partial charge on any atom is 0.415 e. The number of carbonyl (C=O) groups excluding carboxylic acids is 1. The van der Waals surface area contributed by atoms with Crippen LogP contribution in [-0.2, 0) is 4.79 Å². The first-order valence-electron chi connectivity index (χ1n) is 3.06. The molecule has 3 N–H and O–H groups in total. The normalized spacial score (nSPS) is 22.2. The number of imide groups is 1. The van der Waals surface area contributed by atoms with Crippen molar-refractivity contribution in [2.75, 3.05) is 6.54 Å². The van der Waals surface area contributed by atoms with Crippen LogP contribution in [0, 0.1) is 0 Å². The van der Waals surface area contributed by atoms with E-state index in [4.69, 9.17) is 10.2 Å². The molecule has 0 bridgehead atoms. The lowest BCUT2D eigenvalue weighted by Crippen LogP contribution is -2.34. The van der Waals surface area contributed by atoms with Gasteiger partial charge in [-0.1, -0.05) is 0 Å². The molecule has 7 heteroatoms. The van der Waals surface area contributed by atoms with E-state index >= 15 is 0 Å². The highest BCUT2D eigenvalue weighted by atomic mass is 16.4. The van der Waals surface area contributed by atoms with Crippen molar-refractivity contribution in [3.63, 3.8) is 0 Å². The van der Waals surface area contributed by atoms with Gasteiger partial charge in [0.25, 0.3) is 0 Å². The summed E-state index contributed by atoms with van der Waals surface area (Å²) in [6.07, 6.45) is -1.45. The standard InChI is InChI=1S/C5H6N2O5/c8-3(9)2-1-7(5(11)12)4(10)6-2/h2H,1H2,(H,6,10)(H,8,9)(H,11,12). The van der Waals surface area contributed by atoms with Crippen molar-refractivity contribution in [1.82, 2.24) is 10.2 Å². The number of carboxylic acid groups (broad SMARTS) is 2. The fourth-order valence-corrected chi connectivity index (χ4v) is 0.843. The number of urea groups is 1. The van der Waals surface area contributed by atoms with E-state index in [0.717, 1.165) is 0 Å². The minimum Gasteiger partial charge on any atom is -0.480 e. The lowest BCUT2D eigenvalue weighted by Gasteiger charge is -2.04. The number of amides is 3. The predicted molar refractivity (Wildman–Crippen MR) is 34.7 cm³/mol. The highest BCUT2D eigenvalue weighted by molar-refractivity contribution is 5.95. The van der Waals surface area contributed by atoms with Crippen LogP contribution >= 0.6 is 0 Å². The van der Waals surface area contributed by atoms with Crippen LogP contribution in [0.25, 0.3) is 0 Å². The van der Waals surface area contributed by atoms with Crippen molar-refractivity contribution < 1.29 is 24.6 Å². The number of rotatable bonds is 1. The Kier molecular flexibility index (Phi) is 1.86. The molecule has 0 aromatic carbocycles. The van der Waals surface area contributed by atoms with Crippen molar-refractivity contribution in [2.24, 2.45) is 0 Å². The average Bonchev–Trinajstić information content (AvgIpc) is 2.30. The molecular formula is C5H6N2O5. The second-order valence-corrected chi connectivity index (χ2v) is 2.23. The monoisotopic (exact) mass is 174 g/mol. The van der Waals surface area contributed by atoms with Crippen LogP contribution in [0.1, 0.15) is 0 Å². The van der Waals surface area contributed by atoms with Gasteiger partial charge in [0.2, 0.25) is 0 Å². The van der Waals surface area contributed by atoms with Gasteiger partial charge in [-0.3, -0.25) is 0 Å². The molecule has 1 rings (SSSR count). The van der Waals surface area contributed by atoms with Gasteiger partial charge in [-0.15, -0.1) is 0 Å². The van der Waals surface area contributed by atoms with Gasteiger partial charge in [-0.25, -0.2) is 19.3 Å². The summed E-state index contributed by atoms with van der Waals surface area (Å²) >= 11 is 0. The summed E-state index contributed by atoms with van der Waals surface area (Å²) in [4.78, 5) is 31.6. The van der Waals surface area contributed by atoms with Gasteiger partial charge in [0.1, 0.15) is 6.04 Å². The van der Waals surface area contributed by atoms with Crippen molar-refractivity contribution in [3.05, 3.63) is 0 Å². The van der Waals surface area contributed by atoms with Gasteiger partial charge in [-0.2, -0.15) is 0 Å². The number of nitrogens with zero attached hydrogens (tertiary/aromatic N) is 1. The molecule has 0 aromatic heterocycles. The lowest BCUT2D eigenvalue weighted by atomic mass is 10.3. The van der Waals surface area contributed by atoms with Gasteiger partial charge in [0, 0.05) is 0 Å². The Morgan fingerprint density at radius 3 is 2.33 bits per heavy atom. The molecule has 0 saturated carbocycles. The van der Waals surface area contributed by atoms with E-state index in [1.165, 1.54) is 0 Å². The molecule has 66 valence electrons. The second-order valence-electron chi connectivity index (χ2n) is 2.23. The molecule has 1 unspecified atom stereocenters. The van der Waals surface area contributed by atoms with Gasteiger partial charge in [0.15, 0.2) is 0 Å². The molecule has 7 nitrogen and oxygen atoms in total. The molecule has 0 aliphatic carbocycles. The van der Waals surface area contributed by atoms with Gasteiger partial charge >= 0.3 is 18.1 Å². The first-order valence-corrected chi connectivity index (χ1v) is 3.06. The summed E-state index contributed by atoms with van der Waals surface area (Å²) in [5, 5.41) is 18.7. The third-order valence-corrected chi connectivity index (χ3v) is 1.44. The molecule has 1 atom stereocenters. The summed E-state index contributed by atoms with van der Waals surface area (Å²) in [6, 6.07) is -2.02. The summed E-state index contributed by atoms with van der Waals surface area (Å²) < 4.78 is 0. The van der Waals surface area contributed by atoms with Crippen molar-refractivity contribution in [2.45, 2.75) is 6.04 Å². The van der Waals surface area contributed by atoms with E-state index in [1.54, 1.807) is 0 Å². The molecule has 12 heavy (non-hydrogen) atoms. The average molecular weight is 174 g/mol. The van der Waals surface area contributed by atoms with Crippen LogP contribution in [0.4, 0.5) is 9.59 Å². The van der Waals surface area contributed by atoms with Crippen molar-refractivity contribution in [1.29, 1.82) is 0 Å². The van der Waals surface area contributed by atoms with Gasteiger partial charge in [0.05, 0.1) is 6.54 Å². The Labute approximate surface area is 66.6 Å². The fourth-order valence-electron chi connectivity index (χ4n) is 0.843. The van der Waals surface area contributed by atoms with E-state index < -0.39 is 24.1 Å². The molecule has 1 aliphatic rings. The van der Waals surface area contributed by atoms with Crippen molar-refractivity contribution in [3.8, 4) is 0 Å². The number of carboxylic acids is 1. The van der Waals surface area contributed by atoms with Crippen LogP contribution in [-0.4, -0.2) is 45.8 Å². The maximum absolute atomic E-state index is 10.7. The van der Waals surface area contributed by atoms with E-state index in [0.29, 0.717) is 4.90 Å². The third kappa shape index (κ3) is 1.29. The first kappa shape index (κ1) is 8.31. The smallest absolute Gasteiger partial charge is 0.415 e. The molecule has 0 radical (unpaired) electrons. The van der Waals surface area contributed by atoms with Crippen LogP contribution in [0.3, 0.4) is 0 Å². The molecule has 0 aromatic rings. The Morgan fingerprint density at radius 2 is 2.08 bits per heavy atom. The van der Waals surface area contributed by atoms with Crippen LogP contribution in [0.15, 0.2) is 0 Å². The second kappa shape index (κ2) is 2.68. The Bertz CT molecular complexity index is 250. The number of aliphatic carboxylic acids is 1. The Morgan fingerprint density at radius 1 is 1.50 bits per heavy atom. The zero-order valence-electron chi connectivity index (χ0n) is 5.85. The van der Waals surface area contributed by atoms with E-state index in [9.17, 15) is 14.4 Å². The number of nitrogens with one attached hydrogen (secondary N) is 1. The van der Waals surface area contributed by atoms with Crippen LogP contribution < -0.4 is 5.32 Å². The zero-order valence-corrected chi connectivity index (χ0v) is 5.85. The quantitative estimate of drug-likeness (QED) is 0.479. The summed E-state index contributed by atoms with van der Waals surface area (Å²) in [7, 11) is 0. The van der Waals surface area contributed by atoms with Crippen LogP contribution in [0.2, 0.25) is 0 Å². The van der Waals surface area contributed by atoms with E-state index in [-0.39, 0.29) is 6.54 Å². The molecule has 3 amide bonds. The molecule has 0 spiro atoms. The Balaban J connectivity index is 2.68. The molecule has 1 fully saturated rings. The Hall–Kier alpha value is -1.79. The topological polar surface area (TPSA) is 107 Å². The molecule has 1 aliphatic heterocycles. The predicted octanol–water partition coefficient (Wildman–Crippen LogP) is -0.857. The maximum atomic E-state index is 10.7. The van der Waals surface area contributed by atoms with E-state index in [2.05, 4.69) is 0 Å². The number of hydrogen-bond acceptors (Lipinski definition) is 3. The fraction of sp³-hybridized carbons (Fsp3) is 0.400. The summed E-state index contributed by atoms with van der Waals surface area (Å²) in [5.74, 6) is -1.24. The molecular weight excluding hydrogens is 168 g/mol.